The summed E-state index contributed by atoms with van der Waals surface area (Å²) in [5.41, 5.74) is 6.05. The molecule has 5 heteroatoms. The van der Waals surface area contributed by atoms with Crippen molar-refractivity contribution < 1.29 is 0 Å². The van der Waals surface area contributed by atoms with Gasteiger partial charge in [-0.1, -0.05) is 45.3 Å². The van der Waals surface area contributed by atoms with Crippen molar-refractivity contribution in [1.29, 1.82) is 0 Å². The molecule has 0 aliphatic heterocycles. The number of thiocarbonyl (C=S) groups is 1. The number of unbranched alkanes of at least 4 members (excludes halogenated alkanes) is 1. The minimum Gasteiger partial charge on any atom is -0.388 e. The van der Waals surface area contributed by atoms with Gasteiger partial charge in [-0.25, -0.2) is 9.97 Å². The van der Waals surface area contributed by atoms with Crippen LogP contribution in [-0.2, 0) is 0 Å². The fourth-order valence-corrected chi connectivity index (χ4v) is 1.93. The quantitative estimate of drug-likeness (QED) is 0.708. The summed E-state index contributed by atoms with van der Waals surface area (Å²) < 4.78 is 0. The zero-order valence-corrected chi connectivity index (χ0v) is 12.0. The number of nitrogens with two attached hydrogens (primary N) is 1. The lowest BCUT2D eigenvalue weighted by molar-refractivity contribution is 0.562. The fraction of sp³-hybridized carbons (Fsp3) is 0.615. The van der Waals surface area contributed by atoms with Crippen LogP contribution in [0.15, 0.2) is 12.4 Å². The highest BCUT2D eigenvalue weighted by Gasteiger charge is 2.08. The molecule has 0 bridgehead atoms. The molecule has 18 heavy (non-hydrogen) atoms. The summed E-state index contributed by atoms with van der Waals surface area (Å²) in [7, 11) is 0. The van der Waals surface area contributed by atoms with Crippen molar-refractivity contribution >= 4 is 23.0 Å². The normalized spacial score (nSPS) is 12.1. The Kier molecular flexibility index (Phi) is 6.57. The molecule has 100 valence electrons. The number of rotatable bonds is 8. The van der Waals surface area contributed by atoms with Crippen molar-refractivity contribution in [1.82, 2.24) is 9.97 Å². The summed E-state index contributed by atoms with van der Waals surface area (Å²) in [4.78, 5) is 8.75. The van der Waals surface area contributed by atoms with E-state index in [2.05, 4.69) is 29.1 Å². The second-order valence-corrected chi connectivity index (χ2v) is 4.86. The molecule has 1 aromatic heterocycles. The van der Waals surface area contributed by atoms with E-state index in [1.807, 2.05) is 0 Å². The van der Waals surface area contributed by atoms with Crippen molar-refractivity contribution in [2.24, 2.45) is 5.73 Å². The van der Waals surface area contributed by atoms with E-state index in [9.17, 15) is 0 Å². The summed E-state index contributed by atoms with van der Waals surface area (Å²) in [5, 5.41) is 3.42. The first-order valence-corrected chi connectivity index (χ1v) is 6.96. The highest BCUT2D eigenvalue weighted by Crippen LogP contribution is 2.12. The number of hydrogen-bond donors (Lipinski definition) is 2. The SMILES string of the molecule is CCCCC(CCC)Nc1cnc(C(N)=S)cn1. The summed E-state index contributed by atoms with van der Waals surface area (Å²) >= 11 is 4.85. The molecule has 4 nitrogen and oxygen atoms in total. The lowest BCUT2D eigenvalue weighted by Gasteiger charge is -2.18. The maximum Gasteiger partial charge on any atom is 0.144 e. The average Bonchev–Trinajstić information content (AvgIpc) is 2.37. The third kappa shape index (κ3) is 4.96. The standard InChI is InChI=1S/C13H22N4S/c1-3-5-7-10(6-4-2)17-12-9-15-11(8-16-12)13(14)18/h8-10H,3-7H2,1-2H3,(H2,14,18)(H,16,17). The molecule has 1 atom stereocenters. The Labute approximate surface area is 114 Å². The molecule has 0 saturated carbocycles. The van der Waals surface area contributed by atoms with Gasteiger partial charge in [-0.05, 0) is 12.8 Å². The lowest BCUT2D eigenvalue weighted by atomic mass is 10.1. The minimum absolute atomic E-state index is 0.283. The van der Waals surface area contributed by atoms with Crippen LogP contribution in [0.1, 0.15) is 51.6 Å². The van der Waals surface area contributed by atoms with E-state index in [0.29, 0.717) is 11.7 Å². The molecule has 0 saturated heterocycles. The summed E-state index contributed by atoms with van der Waals surface area (Å²) in [6.07, 6.45) is 9.25. The van der Waals surface area contributed by atoms with Crippen LogP contribution >= 0.6 is 12.2 Å². The van der Waals surface area contributed by atoms with Crippen LogP contribution in [0.5, 0.6) is 0 Å². The summed E-state index contributed by atoms with van der Waals surface area (Å²) in [6, 6.07) is 0.472. The topological polar surface area (TPSA) is 63.8 Å². The van der Waals surface area contributed by atoms with Crippen LogP contribution < -0.4 is 11.1 Å². The lowest BCUT2D eigenvalue weighted by Crippen LogP contribution is -2.20. The van der Waals surface area contributed by atoms with E-state index in [-0.39, 0.29) is 4.99 Å². The first-order valence-electron chi connectivity index (χ1n) is 6.55. The van der Waals surface area contributed by atoms with Crippen molar-refractivity contribution in [3.05, 3.63) is 18.1 Å². The van der Waals surface area contributed by atoms with E-state index in [1.54, 1.807) is 12.4 Å². The maximum absolute atomic E-state index is 5.49. The van der Waals surface area contributed by atoms with Gasteiger partial charge in [0.15, 0.2) is 0 Å². The molecule has 1 aromatic rings. The smallest absolute Gasteiger partial charge is 0.144 e. The highest BCUT2D eigenvalue weighted by atomic mass is 32.1. The van der Waals surface area contributed by atoms with E-state index < -0.39 is 0 Å². The van der Waals surface area contributed by atoms with Gasteiger partial charge in [-0.2, -0.15) is 0 Å². The van der Waals surface area contributed by atoms with Crippen LogP contribution in [0.2, 0.25) is 0 Å². The van der Waals surface area contributed by atoms with Crippen LogP contribution in [0.25, 0.3) is 0 Å². The minimum atomic E-state index is 0.283. The molecule has 0 spiro atoms. The van der Waals surface area contributed by atoms with Gasteiger partial charge in [0.25, 0.3) is 0 Å². The summed E-state index contributed by atoms with van der Waals surface area (Å²) in [6.45, 7) is 4.40. The molecule has 0 aromatic carbocycles. The van der Waals surface area contributed by atoms with Crippen molar-refractivity contribution in [3.63, 3.8) is 0 Å². The molecular weight excluding hydrogens is 244 g/mol. The van der Waals surface area contributed by atoms with Gasteiger partial charge in [0, 0.05) is 6.04 Å². The zero-order chi connectivity index (χ0) is 13.4. The van der Waals surface area contributed by atoms with E-state index in [1.165, 1.54) is 25.7 Å². The molecule has 3 N–H and O–H groups in total. The molecule has 0 fully saturated rings. The Bertz CT molecular complexity index is 364. The predicted molar refractivity (Wildman–Crippen MR) is 79.8 cm³/mol. The van der Waals surface area contributed by atoms with Gasteiger partial charge in [-0.15, -0.1) is 0 Å². The Morgan fingerprint density at radius 2 is 2.06 bits per heavy atom. The average molecular weight is 266 g/mol. The molecule has 1 rings (SSSR count). The van der Waals surface area contributed by atoms with Crippen molar-refractivity contribution in [2.75, 3.05) is 5.32 Å². The van der Waals surface area contributed by atoms with Crippen LogP contribution in [0.4, 0.5) is 5.82 Å². The van der Waals surface area contributed by atoms with E-state index >= 15 is 0 Å². The first-order chi connectivity index (χ1) is 8.67. The molecule has 0 aliphatic carbocycles. The molecule has 0 amide bonds. The van der Waals surface area contributed by atoms with Gasteiger partial charge < -0.3 is 11.1 Å². The molecule has 1 heterocycles. The van der Waals surface area contributed by atoms with Gasteiger partial charge >= 0.3 is 0 Å². The van der Waals surface area contributed by atoms with Gasteiger partial charge in [0.05, 0.1) is 12.4 Å². The Balaban J connectivity index is 2.59. The Morgan fingerprint density at radius 1 is 1.28 bits per heavy atom. The van der Waals surface area contributed by atoms with Crippen LogP contribution in [-0.4, -0.2) is 21.0 Å². The van der Waals surface area contributed by atoms with Crippen molar-refractivity contribution in [3.8, 4) is 0 Å². The third-order valence-electron chi connectivity index (χ3n) is 2.80. The molecule has 0 aliphatic rings. The number of hydrogen-bond acceptors (Lipinski definition) is 4. The highest BCUT2D eigenvalue weighted by molar-refractivity contribution is 7.80. The van der Waals surface area contributed by atoms with Gasteiger partial charge in [0.2, 0.25) is 0 Å². The first kappa shape index (κ1) is 14.8. The second-order valence-electron chi connectivity index (χ2n) is 4.42. The van der Waals surface area contributed by atoms with Crippen LogP contribution in [0.3, 0.4) is 0 Å². The zero-order valence-electron chi connectivity index (χ0n) is 11.1. The number of nitrogens with one attached hydrogen (secondary N) is 1. The Morgan fingerprint density at radius 3 is 2.56 bits per heavy atom. The monoisotopic (exact) mass is 266 g/mol. The van der Waals surface area contributed by atoms with Gasteiger partial charge in [0.1, 0.15) is 16.5 Å². The largest absolute Gasteiger partial charge is 0.388 e. The predicted octanol–water partition coefficient (Wildman–Crippen LogP) is 2.88. The number of nitrogens with zero attached hydrogens (tertiary/aromatic N) is 2. The third-order valence-corrected chi connectivity index (χ3v) is 3.01. The Hall–Kier alpha value is -1.23. The van der Waals surface area contributed by atoms with Crippen LogP contribution in [0, 0.1) is 0 Å². The molecular formula is C13H22N4S. The number of aromatic nitrogens is 2. The maximum atomic E-state index is 5.49. The molecule has 1 unspecified atom stereocenters. The number of anilines is 1. The van der Waals surface area contributed by atoms with Gasteiger partial charge in [-0.3, -0.25) is 0 Å². The summed E-state index contributed by atoms with van der Waals surface area (Å²) in [5.74, 6) is 0.796. The van der Waals surface area contributed by atoms with E-state index in [4.69, 9.17) is 18.0 Å². The van der Waals surface area contributed by atoms with Crippen molar-refractivity contribution in [2.45, 2.75) is 52.0 Å². The van der Waals surface area contributed by atoms with E-state index in [0.717, 1.165) is 12.2 Å². The fourth-order valence-electron chi connectivity index (χ4n) is 1.83. The molecule has 0 radical (unpaired) electrons. The second kappa shape index (κ2) is 7.97.